The molecule has 7 heteroatoms. The zero-order valence-electron chi connectivity index (χ0n) is 9.46. The van der Waals surface area contributed by atoms with Crippen LogP contribution in [0.25, 0.3) is 11.4 Å². The first kappa shape index (κ1) is 10.7. The normalized spacial score (nSPS) is 14.7. The van der Waals surface area contributed by atoms with Crippen LogP contribution < -0.4 is 5.73 Å². The second-order valence-corrected chi connectivity index (χ2v) is 4.35. The number of H-pyrrole nitrogens is 1. The molecule has 0 radical (unpaired) electrons. The Bertz CT molecular complexity index is 618. The van der Waals surface area contributed by atoms with E-state index < -0.39 is 4.92 Å². The summed E-state index contributed by atoms with van der Waals surface area (Å²) in [6.07, 6.45) is 2.22. The van der Waals surface area contributed by atoms with E-state index in [9.17, 15) is 10.1 Å². The molecule has 0 aliphatic heterocycles. The van der Waals surface area contributed by atoms with Crippen LogP contribution in [-0.4, -0.2) is 20.1 Å². The Morgan fingerprint density at radius 1 is 1.44 bits per heavy atom. The number of hydrogen-bond donors (Lipinski definition) is 2. The lowest BCUT2D eigenvalue weighted by Gasteiger charge is -2.00. The number of aromatic nitrogens is 3. The van der Waals surface area contributed by atoms with E-state index in [-0.39, 0.29) is 5.69 Å². The van der Waals surface area contributed by atoms with Crippen molar-refractivity contribution in [2.45, 2.75) is 18.8 Å². The summed E-state index contributed by atoms with van der Waals surface area (Å²) < 4.78 is 0. The highest BCUT2D eigenvalue weighted by molar-refractivity contribution is 5.73. The molecule has 1 aliphatic carbocycles. The molecule has 7 nitrogen and oxygen atoms in total. The minimum absolute atomic E-state index is 0.0167. The Labute approximate surface area is 102 Å². The maximum absolute atomic E-state index is 10.7. The standard InChI is InChI=1S/C11H11N5O2/c12-9-4-3-7(16(17)18)5-8(9)11-13-10(14-15-11)6-1-2-6/h3-6H,1-2,12H2,(H,13,14,15). The van der Waals surface area contributed by atoms with Gasteiger partial charge in [0.15, 0.2) is 5.82 Å². The Morgan fingerprint density at radius 3 is 2.89 bits per heavy atom. The lowest BCUT2D eigenvalue weighted by atomic mass is 10.1. The molecule has 3 rings (SSSR count). The minimum atomic E-state index is -0.461. The van der Waals surface area contributed by atoms with Crippen LogP contribution >= 0.6 is 0 Å². The number of anilines is 1. The number of nitro benzene ring substituents is 1. The van der Waals surface area contributed by atoms with Gasteiger partial charge in [-0.3, -0.25) is 15.2 Å². The van der Waals surface area contributed by atoms with Crippen LogP contribution in [0, 0.1) is 10.1 Å². The maximum atomic E-state index is 10.7. The van der Waals surface area contributed by atoms with Crippen molar-refractivity contribution in [3.63, 3.8) is 0 Å². The molecule has 2 aromatic rings. The average Bonchev–Trinajstić information content (AvgIpc) is 3.08. The fourth-order valence-electron chi connectivity index (χ4n) is 1.79. The van der Waals surface area contributed by atoms with Crippen molar-refractivity contribution >= 4 is 11.4 Å². The first-order valence-corrected chi connectivity index (χ1v) is 5.62. The monoisotopic (exact) mass is 245 g/mol. The van der Waals surface area contributed by atoms with Gasteiger partial charge in [-0.1, -0.05) is 0 Å². The third kappa shape index (κ3) is 1.79. The number of nitrogens with zero attached hydrogens (tertiary/aromatic N) is 3. The molecular formula is C11H11N5O2. The highest BCUT2D eigenvalue weighted by atomic mass is 16.6. The summed E-state index contributed by atoms with van der Waals surface area (Å²) in [6.45, 7) is 0. The predicted molar refractivity (Wildman–Crippen MR) is 64.9 cm³/mol. The van der Waals surface area contributed by atoms with Crippen LogP contribution in [0.3, 0.4) is 0 Å². The van der Waals surface area contributed by atoms with Gasteiger partial charge in [-0.25, -0.2) is 4.98 Å². The smallest absolute Gasteiger partial charge is 0.270 e. The van der Waals surface area contributed by atoms with E-state index in [1.54, 1.807) is 0 Å². The van der Waals surface area contributed by atoms with Crippen molar-refractivity contribution in [1.29, 1.82) is 0 Å². The summed E-state index contributed by atoms with van der Waals surface area (Å²) in [5.74, 6) is 1.69. The molecule has 0 saturated heterocycles. The van der Waals surface area contributed by atoms with E-state index in [4.69, 9.17) is 5.73 Å². The van der Waals surface area contributed by atoms with Crippen molar-refractivity contribution in [1.82, 2.24) is 15.2 Å². The van der Waals surface area contributed by atoms with E-state index >= 15 is 0 Å². The summed E-state index contributed by atoms with van der Waals surface area (Å²) >= 11 is 0. The van der Waals surface area contributed by atoms with Gasteiger partial charge >= 0.3 is 0 Å². The molecule has 0 unspecified atom stereocenters. The van der Waals surface area contributed by atoms with Gasteiger partial charge in [-0.05, 0) is 18.9 Å². The lowest BCUT2D eigenvalue weighted by Crippen LogP contribution is -1.95. The van der Waals surface area contributed by atoms with Gasteiger partial charge in [0.25, 0.3) is 5.69 Å². The Morgan fingerprint density at radius 2 is 2.22 bits per heavy atom. The number of nitrogens with two attached hydrogens (primary N) is 1. The SMILES string of the molecule is Nc1ccc([N+](=O)[O-])cc1-c1n[nH]c(C2CC2)n1. The molecule has 1 aliphatic rings. The Kier molecular flexibility index (Phi) is 2.26. The average molecular weight is 245 g/mol. The molecule has 1 heterocycles. The van der Waals surface area contributed by atoms with Gasteiger partial charge in [-0.2, -0.15) is 5.10 Å². The van der Waals surface area contributed by atoms with Crippen LogP contribution in [0.1, 0.15) is 24.6 Å². The third-order valence-electron chi connectivity index (χ3n) is 2.96. The minimum Gasteiger partial charge on any atom is -0.398 e. The zero-order chi connectivity index (χ0) is 12.7. The van der Waals surface area contributed by atoms with Crippen LogP contribution in [0.15, 0.2) is 18.2 Å². The maximum Gasteiger partial charge on any atom is 0.270 e. The number of rotatable bonds is 3. The van der Waals surface area contributed by atoms with Crippen LogP contribution in [0.2, 0.25) is 0 Å². The van der Waals surface area contributed by atoms with Gasteiger partial charge in [0.05, 0.1) is 10.5 Å². The van der Waals surface area contributed by atoms with Crippen molar-refractivity contribution in [3.8, 4) is 11.4 Å². The third-order valence-corrected chi connectivity index (χ3v) is 2.96. The summed E-state index contributed by atoms with van der Waals surface area (Å²) in [5.41, 5.74) is 6.71. The number of nitrogens with one attached hydrogen (secondary N) is 1. The van der Waals surface area contributed by atoms with E-state index in [1.807, 2.05) is 0 Å². The van der Waals surface area contributed by atoms with Crippen molar-refractivity contribution < 1.29 is 4.92 Å². The summed E-state index contributed by atoms with van der Waals surface area (Å²) in [7, 11) is 0. The number of non-ortho nitro benzene ring substituents is 1. The lowest BCUT2D eigenvalue weighted by molar-refractivity contribution is -0.384. The van der Waals surface area contributed by atoms with Crippen LogP contribution in [0.4, 0.5) is 11.4 Å². The molecule has 1 fully saturated rings. The predicted octanol–water partition coefficient (Wildman–Crippen LogP) is 1.84. The number of nitro groups is 1. The summed E-state index contributed by atoms with van der Waals surface area (Å²) in [6, 6.07) is 4.27. The number of benzene rings is 1. The van der Waals surface area contributed by atoms with Gasteiger partial charge in [-0.15, -0.1) is 0 Å². The van der Waals surface area contributed by atoms with E-state index in [2.05, 4.69) is 15.2 Å². The molecule has 92 valence electrons. The number of nitrogen functional groups attached to an aromatic ring is 1. The molecule has 0 bridgehead atoms. The highest BCUT2D eigenvalue weighted by Gasteiger charge is 2.27. The van der Waals surface area contributed by atoms with E-state index in [1.165, 1.54) is 18.2 Å². The molecule has 1 aromatic heterocycles. The molecule has 1 saturated carbocycles. The van der Waals surface area contributed by atoms with Crippen LogP contribution in [-0.2, 0) is 0 Å². The van der Waals surface area contributed by atoms with Crippen molar-refractivity contribution in [3.05, 3.63) is 34.1 Å². The number of aromatic amines is 1. The molecule has 3 N–H and O–H groups in total. The quantitative estimate of drug-likeness (QED) is 0.487. The van der Waals surface area contributed by atoms with Crippen molar-refractivity contribution in [2.24, 2.45) is 0 Å². The summed E-state index contributed by atoms with van der Waals surface area (Å²) in [4.78, 5) is 14.6. The second kappa shape index (κ2) is 3.80. The fourth-order valence-corrected chi connectivity index (χ4v) is 1.79. The molecule has 0 atom stereocenters. The van der Waals surface area contributed by atoms with Crippen LogP contribution in [0.5, 0.6) is 0 Å². The largest absolute Gasteiger partial charge is 0.398 e. The Hall–Kier alpha value is -2.44. The first-order valence-electron chi connectivity index (χ1n) is 5.62. The van der Waals surface area contributed by atoms with Gasteiger partial charge < -0.3 is 5.73 Å². The van der Waals surface area contributed by atoms with E-state index in [0.29, 0.717) is 23.0 Å². The number of hydrogen-bond acceptors (Lipinski definition) is 5. The van der Waals surface area contributed by atoms with Gasteiger partial charge in [0.1, 0.15) is 5.82 Å². The molecular weight excluding hydrogens is 234 g/mol. The molecule has 1 aromatic carbocycles. The van der Waals surface area contributed by atoms with Gasteiger partial charge in [0, 0.05) is 23.7 Å². The molecule has 0 amide bonds. The second-order valence-electron chi connectivity index (χ2n) is 4.35. The topological polar surface area (TPSA) is 111 Å². The highest BCUT2D eigenvalue weighted by Crippen LogP contribution is 2.38. The molecule has 18 heavy (non-hydrogen) atoms. The first-order chi connectivity index (χ1) is 8.65. The van der Waals surface area contributed by atoms with Gasteiger partial charge in [0.2, 0.25) is 0 Å². The van der Waals surface area contributed by atoms with Crippen molar-refractivity contribution in [2.75, 3.05) is 5.73 Å². The van der Waals surface area contributed by atoms with E-state index in [0.717, 1.165) is 18.7 Å². The zero-order valence-corrected chi connectivity index (χ0v) is 9.46. The Balaban J connectivity index is 2.03. The summed E-state index contributed by atoms with van der Waals surface area (Å²) in [5, 5.41) is 17.7. The fraction of sp³-hybridized carbons (Fsp3) is 0.273. The molecule has 0 spiro atoms.